The van der Waals surface area contributed by atoms with Crippen LogP contribution in [0.15, 0.2) is 33.9 Å². The van der Waals surface area contributed by atoms with Crippen molar-refractivity contribution in [3.63, 3.8) is 0 Å². The normalized spacial score (nSPS) is 29.0. The van der Waals surface area contributed by atoms with Crippen LogP contribution in [0, 0.1) is 11.8 Å². The molecule has 0 aliphatic carbocycles. The number of amides is 2. The van der Waals surface area contributed by atoms with Crippen molar-refractivity contribution in [2.24, 2.45) is 11.8 Å². The summed E-state index contributed by atoms with van der Waals surface area (Å²) in [7, 11) is 1.83. The molecule has 3 fully saturated rings. The number of hydrogen-bond acceptors (Lipinski definition) is 6. The van der Waals surface area contributed by atoms with Crippen LogP contribution in [0.3, 0.4) is 0 Å². The standard InChI is InChI=1S/C22H28N4O3S/c1-24(8-15-5-6-29-12-15)22(28)21-17-7-16(19-3-2-4-20(27)26(19)21)9-25(10-17)11-18-13-30-14-23-18/h5-6,12-14,16-17,19,21H,2-4,7-11H2,1H3/t16-,17+,19+,21-/m1/s1. The number of thiazole rings is 1. The lowest BCUT2D eigenvalue weighted by Gasteiger charge is -2.56. The van der Waals surface area contributed by atoms with E-state index in [9.17, 15) is 9.59 Å². The fraction of sp³-hybridized carbons (Fsp3) is 0.591. The third kappa shape index (κ3) is 3.67. The van der Waals surface area contributed by atoms with Crippen molar-refractivity contribution in [1.82, 2.24) is 19.7 Å². The molecule has 3 aliphatic heterocycles. The third-order valence-corrected chi connectivity index (χ3v) is 7.55. The maximum absolute atomic E-state index is 13.6. The summed E-state index contributed by atoms with van der Waals surface area (Å²) in [6.45, 7) is 3.13. The minimum Gasteiger partial charge on any atom is -0.472 e. The summed E-state index contributed by atoms with van der Waals surface area (Å²) < 4.78 is 5.16. The highest BCUT2D eigenvalue weighted by Gasteiger charge is 2.52. The minimum absolute atomic E-state index is 0.0513. The quantitative estimate of drug-likeness (QED) is 0.732. The maximum atomic E-state index is 13.6. The lowest BCUT2D eigenvalue weighted by Crippen LogP contribution is -2.68. The van der Waals surface area contributed by atoms with Gasteiger partial charge in [0.05, 0.1) is 23.7 Å². The van der Waals surface area contributed by atoms with Crippen molar-refractivity contribution >= 4 is 23.2 Å². The molecule has 2 aromatic rings. The molecule has 3 aliphatic rings. The fourth-order valence-electron chi connectivity index (χ4n) is 5.70. The molecule has 0 saturated carbocycles. The summed E-state index contributed by atoms with van der Waals surface area (Å²) in [5, 5.41) is 2.10. The number of rotatable bonds is 5. The van der Waals surface area contributed by atoms with Gasteiger partial charge in [-0.2, -0.15) is 0 Å². The van der Waals surface area contributed by atoms with Gasteiger partial charge < -0.3 is 14.2 Å². The molecular formula is C22H28N4O3S. The molecule has 2 bridgehead atoms. The summed E-state index contributed by atoms with van der Waals surface area (Å²) in [6, 6.07) is 1.69. The zero-order chi connectivity index (χ0) is 20.7. The van der Waals surface area contributed by atoms with Crippen LogP contribution in [0.25, 0.3) is 0 Å². The number of likely N-dealkylation sites (tertiary alicyclic amines) is 1. The van der Waals surface area contributed by atoms with Crippen molar-refractivity contribution < 1.29 is 14.0 Å². The van der Waals surface area contributed by atoms with Crippen LogP contribution in [0.4, 0.5) is 0 Å². The highest BCUT2D eigenvalue weighted by Crippen LogP contribution is 2.42. The predicted octanol–water partition coefficient (Wildman–Crippen LogP) is 2.60. The fourth-order valence-corrected chi connectivity index (χ4v) is 6.25. The molecule has 0 N–H and O–H groups in total. The number of furan rings is 1. The van der Waals surface area contributed by atoms with E-state index in [-0.39, 0.29) is 29.8 Å². The van der Waals surface area contributed by atoms with E-state index in [4.69, 9.17) is 4.42 Å². The van der Waals surface area contributed by atoms with Crippen LogP contribution in [-0.2, 0) is 22.7 Å². The van der Waals surface area contributed by atoms with Gasteiger partial charge in [0.1, 0.15) is 6.04 Å². The molecular weight excluding hydrogens is 400 g/mol. The lowest BCUT2D eigenvalue weighted by molar-refractivity contribution is -0.165. The number of carbonyl (C=O) groups excluding carboxylic acids is 2. The summed E-state index contributed by atoms with van der Waals surface area (Å²) in [6.07, 6.45) is 6.82. The molecule has 30 heavy (non-hydrogen) atoms. The molecule has 0 radical (unpaired) electrons. The van der Waals surface area contributed by atoms with E-state index in [2.05, 4.69) is 15.3 Å². The van der Waals surface area contributed by atoms with E-state index in [0.29, 0.717) is 18.9 Å². The van der Waals surface area contributed by atoms with Crippen LogP contribution in [0.2, 0.25) is 0 Å². The Morgan fingerprint density at radius 3 is 3.00 bits per heavy atom. The first-order chi connectivity index (χ1) is 14.6. The highest BCUT2D eigenvalue weighted by atomic mass is 32.1. The van der Waals surface area contributed by atoms with Gasteiger partial charge in [-0.3, -0.25) is 14.5 Å². The molecule has 160 valence electrons. The second-order valence-electron chi connectivity index (χ2n) is 8.96. The van der Waals surface area contributed by atoms with Crippen molar-refractivity contribution in [2.75, 3.05) is 20.1 Å². The number of fused-ring (bicyclic) bond motifs is 4. The summed E-state index contributed by atoms with van der Waals surface area (Å²) in [4.78, 5) is 37.2. The Kier molecular flexibility index (Phi) is 5.37. The molecule has 0 unspecified atom stereocenters. The third-order valence-electron chi connectivity index (χ3n) is 6.92. The first kappa shape index (κ1) is 19.8. The van der Waals surface area contributed by atoms with Gasteiger partial charge in [0.15, 0.2) is 0 Å². The SMILES string of the molecule is CN(Cc1ccoc1)C(=O)[C@H]1[C@H]2C[C@H](CN(Cc3cscn3)C2)[C@@H]2CCCC(=O)N21. The van der Waals surface area contributed by atoms with Crippen molar-refractivity contribution in [2.45, 2.75) is 50.9 Å². The summed E-state index contributed by atoms with van der Waals surface area (Å²) >= 11 is 1.62. The molecule has 2 amide bonds. The lowest BCUT2D eigenvalue weighted by atomic mass is 9.71. The first-order valence-electron chi connectivity index (χ1n) is 10.8. The summed E-state index contributed by atoms with van der Waals surface area (Å²) in [5.41, 5.74) is 3.94. The van der Waals surface area contributed by atoms with Crippen molar-refractivity contribution in [3.8, 4) is 0 Å². The van der Waals surface area contributed by atoms with Gasteiger partial charge in [-0.15, -0.1) is 11.3 Å². The topological polar surface area (TPSA) is 69.9 Å². The van der Waals surface area contributed by atoms with E-state index in [1.54, 1.807) is 28.8 Å². The molecule has 4 atom stereocenters. The zero-order valence-electron chi connectivity index (χ0n) is 17.3. The molecule has 7 nitrogen and oxygen atoms in total. The summed E-state index contributed by atoms with van der Waals surface area (Å²) in [5.74, 6) is 0.814. The molecule has 0 aromatic carbocycles. The maximum Gasteiger partial charge on any atom is 0.245 e. The van der Waals surface area contributed by atoms with Crippen molar-refractivity contribution in [3.05, 3.63) is 40.7 Å². The second kappa shape index (κ2) is 8.15. The molecule has 3 saturated heterocycles. The van der Waals surface area contributed by atoms with Crippen LogP contribution >= 0.6 is 11.3 Å². The van der Waals surface area contributed by atoms with E-state index >= 15 is 0 Å². The second-order valence-corrected chi connectivity index (χ2v) is 9.68. The number of hydrogen-bond donors (Lipinski definition) is 0. The van der Waals surface area contributed by atoms with Crippen LogP contribution < -0.4 is 0 Å². The Bertz CT molecular complexity index is 884. The van der Waals surface area contributed by atoms with Gasteiger partial charge >= 0.3 is 0 Å². The van der Waals surface area contributed by atoms with Gasteiger partial charge in [-0.1, -0.05) is 0 Å². The first-order valence-corrected chi connectivity index (χ1v) is 11.7. The molecule has 2 aromatic heterocycles. The van der Waals surface area contributed by atoms with E-state index in [0.717, 1.165) is 50.2 Å². The Labute approximate surface area is 180 Å². The van der Waals surface area contributed by atoms with Crippen LogP contribution in [0.5, 0.6) is 0 Å². The van der Waals surface area contributed by atoms with E-state index in [1.165, 1.54) is 0 Å². The average Bonchev–Trinajstić information content (AvgIpc) is 3.43. The molecule has 5 rings (SSSR count). The molecule has 5 heterocycles. The largest absolute Gasteiger partial charge is 0.472 e. The Morgan fingerprint density at radius 2 is 2.23 bits per heavy atom. The Morgan fingerprint density at radius 1 is 1.37 bits per heavy atom. The van der Waals surface area contributed by atoms with Gasteiger partial charge in [0.2, 0.25) is 11.8 Å². The number of nitrogens with zero attached hydrogens (tertiary/aromatic N) is 4. The van der Waals surface area contributed by atoms with Crippen LogP contribution in [0.1, 0.15) is 36.9 Å². The number of piperidine rings is 3. The van der Waals surface area contributed by atoms with Crippen LogP contribution in [-0.4, -0.2) is 63.7 Å². The Balaban J connectivity index is 1.40. The van der Waals surface area contributed by atoms with Gasteiger partial charge in [0.25, 0.3) is 0 Å². The van der Waals surface area contributed by atoms with Gasteiger partial charge in [-0.05, 0) is 31.2 Å². The smallest absolute Gasteiger partial charge is 0.245 e. The molecule has 0 spiro atoms. The van der Waals surface area contributed by atoms with E-state index < -0.39 is 0 Å². The number of carbonyl (C=O) groups is 2. The van der Waals surface area contributed by atoms with Gasteiger partial charge in [-0.25, -0.2) is 4.98 Å². The number of aromatic nitrogens is 1. The monoisotopic (exact) mass is 428 g/mol. The average molecular weight is 429 g/mol. The molecule has 8 heteroatoms. The van der Waals surface area contributed by atoms with Gasteiger partial charge in [0, 0.05) is 62.6 Å². The highest BCUT2D eigenvalue weighted by molar-refractivity contribution is 7.07. The predicted molar refractivity (Wildman–Crippen MR) is 112 cm³/mol. The van der Waals surface area contributed by atoms with Crippen molar-refractivity contribution in [1.29, 1.82) is 0 Å². The number of likely N-dealkylation sites (N-methyl/N-ethyl adjacent to an activating group) is 1. The minimum atomic E-state index is -0.366. The Hall–Kier alpha value is -2.19. The zero-order valence-corrected chi connectivity index (χ0v) is 18.1. The van der Waals surface area contributed by atoms with E-state index in [1.807, 2.05) is 23.5 Å².